The molecule has 0 bridgehead atoms. The van der Waals surface area contributed by atoms with Gasteiger partial charge in [-0.3, -0.25) is 13.8 Å². The minimum atomic E-state index is -4.37. The van der Waals surface area contributed by atoms with E-state index in [-0.39, 0.29) is 19.1 Å². The van der Waals surface area contributed by atoms with Crippen molar-refractivity contribution in [1.29, 1.82) is 0 Å². The molecule has 0 aromatic carbocycles. The second-order valence-electron chi connectivity index (χ2n) is 24.9. The summed E-state index contributed by atoms with van der Waals surface area (Å²) >= 11 is 0. The van der Waals surface area contributed by atoms with Crippen LogP contribution in [-0.4, -0.2) is 73.4 Å². The van der Waals surface area contributed by atoms with E-state index in [9.17, 15) is 19.4 Å². The molecule has 0 fully saturated rings. The highest BCUT2D eigenvalue weighted by atomic mass is 31.2. The Labute approximate surface area is 492 Å². The van der Waals surface area contributed by atoms with Crippen LogP contribution in [0.1, 0.15) is 341 Å². The van der Waals surface area contributed by atoms with Gasteiger partial charge >= 0.3 is 7.82 Å². The molecule has 0 aromatic heterocycles. The number of carbonyl (C=O) groups excluding carboxylic acids is 1. The third-order valence-electron chi connectivity index (χ3n) is 15.7. The van der Waals surface area contributed by atoms with Gasteiger partial charge in [-0.2, -0.15) is 0 Å². The van der Waals surface area contributed by atoms with Gasteiger partial charge in [-0.25, -0.2) is 4.57 Å². The number of unbranched alkanes of at least 4 members (excludes halogenated alkanes) is 45. The maximum Gasteiger partial charge on any atom is 0.472 e. The van der Waals surface area contributed by atoms with Crippen LogP contribution in [0.4, 0.5) is 0 Å². The van der Waals surface area contributed by atoms with Crippen LogP contribution in [0.5, 0.6) is 0 Å². The predicted octanol–water partition coefficient (Wildman–Crippen LogP) is 21.8. The first-order valence-corrected chi connectivity index (χ1v) is 36.0. The van der Waals surface area contributed by atoms with Gasteiger partial charge in [0.05, 0.1) is 39.9 Å². The van der Waals surface area contributed by atoms with Crippen LogP contribution in [0.3, 0.4) is 0 Å². The third kappa shape index (κ3) is 63.9. The van der Waals surface area contributed by atoms with Crippen molar-refractivity contribution in [3.8, 4) is 0 Å². The Balaban J connectivity index is 4.13. The van der Waals surface area contributed by atoms with Crippen LogP contribution in [-0.2, 0) is 18.4 Å². The lowest BCUT2D eigenvalue weighted by molar-refractivity contribution is -0.870. The Morgan fingerprint density at radius 1 is 0.418 bits per heavy atom. The first-order valence-electron chi connectivity index (χ1n) is 34.5. The summed E-state index contributed by atoms with van der Waals surface area (Å²) in [5, 5.41) is 14.0. The van der Waals surface area contributed by atoms with Crippen LogP contribution in [0.25, 0.3) is 0 Å². The van der Waals surface area contributed by atoms with E-state index in [4.69, 9.17) is 9.05 Å². The first-order chi connectivity index (χ1) is 38.5. The van der Waals surface area contributed by atoms with Crippen LogP contribution in [0, 0.1) is 0 Å². The van der Waals surface area contributed by atoms with E-state index in [0.717, 1.165) is 44.9 Å². The van der Waals surface area contributed by atoms with Crippen molar-refractivity contribution >= 4 is 13.7 Å². The number of aliphatic hydroxyl groups excluding tert-OH is 1. The Hall–Kier alpha value is -1.54. The van der Waals surface area contributed by atoms with E-state index in [1.807, 2.05) is 27.2 Å². The summed E-state index contributed by atoms with van der Waals surface area (Å²) < 4.78 is 23.8. The van der Waals surface area contributed by atoms with Crippen LogP contribution in [0.15, 0.2) is 48.6 Å². The normalized spacial score (nSPS) is 14.0. The zero-order valence-electron chi connectivity index (χ0n) is 53.4. The average Bonchev–Trinajstić information content (AvgIpc) is 3.42. The number of nitrogens with zero attached hydrogens (tertiary/aromatic N) is 1. The van der Waals surface area contributed by atoms with Crippen molar-refractivity contribution in [3.63, 3.8) is 0 Å². The van der Waals surface area contributed by atoms with Crippen molar-refractivity contribution in [2.24, 2.45) is 0 Å². The SMILES string of the molecule is CCCCCCCCCC/C=C\CCCCCCCCCCCCCCCC(=O)NC(COP(=O)(O)OCC[N+](C)(C)C)C(O)/C=C/CC/C=C/CC/C=C/CCCCCCCCCCCCCCCCCCCCCCCC. The van der Waals surface area contributed by atoms with Gasteiger partial charge in [0.25, 0.3) is 0 Å². The first kappa shape index (κ1) is 77.5. The number of allylic oxidation sites excluding steroid dienone is 7. The average molecular weight is 1130 g/mol. The van der Waals surface area contributed by atoms with Crippen LogP contribution in [0.2, 0.25) is 0 Å². The lowest BCUT2D eigenvalue weighted by Gasteiger charge is -2.25. The molecule has 0 aromatic rings. The summed E-state index contributed by atoms with van der Waals surface area (Å²) in [6.45, 7) is 4.83. The summed E-state index contributed by atoms with van der Waals surface area (Å²) in [6, 6.07) is -0.872. The van der Waals surface area contributed by atoms with Gasteiger partial charge < -0.3 is 19.8 Å². The molecule has 79 heavy (non-hydrogen) atoms. The minimum Gasteiger partial charge on any atom is -0.387 e. The molecule has 0 saturated heterocycles. The molecule has 0 aliphatic heterocycles. The molecule has 0 aliphatic carbocycles. The Morgan fingerprint density at radius 3 is 1.01 bits per heavy atom. The zero-order valence-corrected chi connectivity index (χ0v) is 54.3. The molecular weight excluding hydrogens is 996 g/mol. The molecule has 3 atom stereocenters. The molecule has 0 spiro atoms. The maximum atomic E-state index is 13.0. The molecule has 466 valence electrons. The lowest BCUT2D eigenvalue weighted by atomic mass is 10.0. The van der Waals surface area contributed by atoms with Gasteiger partial charge in [0.1, 0.15) is 13.2 Å². The van der Waals surface area contributed by atoms with E-state index in [0.29, 0.717) is 17.4 Å². The zero-order chi connectivity index (χ0) is 57.7. The molecule has 0 aliphatic rings. The molecule has 9 heteroatoms. The van der Waals surface area contributed by atoms with Crippen molar-refractivity contribution < 1.29 is 32.9 Å². The maximum absolute atomic E-state index is 13.0. The number of amides is 1. The second kappa shape index (κ2) is 61.0. The van der Waals surface area contributed by atoms with Crippen LogP contribution >= 0.6 is 7.82 Å². The number of aliphatic hydroxyl groups is 1. The second-order valence-corrected chi connectivity index (χ2v) is 26.3. The van der Waals surface area contributed by atoms with E-state index in [2.05, 4.69) is 55.6 Å². The van der Waals surface area contributed by atoms with Gasteiger partial charge in [-0.15, -0.1) is 0 Å². The number of rotatable bonds is 64. The molecule has 3 N–H and O–H groups in total. The van der Waals surface area contributed by atoms with Gasteiger partial charge in [0, 0.05) is 6.42 Å². The minimum absolute atomic E-state index is 0.0537. The van der Waals surface area contributed by atoms with Crippen LogP contribution < -0.4 is 5.32 Å². The number of hydrogen-bond donors (Lipinski definition) is 3. The topological polar surface area (TPSA) is 105 Å². The lowest BCUT2D eigenvalue weighted by Crippen LogP contribution is -2.45. The van der Waals surface area contributed by atoms with Gasteiger partial charge in [-0.1, -0.05) is 313 Å². The molecular formula is C70H136N2O6P+. The number of hydrogen-bond acceptors (Lipinski definition) is 5. The van der Waals surface area contributed by atoms with E-state index >= 15 is 0 Å². The smallest absolute Gasteiger partial charge is 0.387 e. The van der Waals surface area contributed by atoms with E-state index in [1.165, 1.54) is 276 Å². The molecule has 0 radical (unpaired) electrons. The summed E-state index contributed by atoms with van der Waals surface area (Å²) in [6.07, 6.45) is 82.7. The molecule has 0 heterocycles. The predicted molar refractivity (Wildman–Crippen MR) is 346 cm³/mol. The van der Waals surface area contributed by atoms with Crippen molar-refractivity contribution in [2.75, 3.05) is 40.9 Å². The number of phosphoric acid groups is 1. The largest absolute Gasteiger partial charge is 0.472 e. The quantitative estimate of drug-likeness (QED) is 0.0243. The van der Waals surface area contributed by atoms with Gasteiger partial charge in [0.15, 0.2) is 0 Å². The Kier molecular flexibility index (Phi) is 59.8. The van der Waals surface area contributed by atoms with E-state index < -0.39 is 20.0 Å². The highest BCUT2D eigenvalue weighted by molar-refractivity contribution is 7.47. The highest BCUT2D eigenvalue weighted by Crippen LogP contribution is 2.43. The molecule has 8 nitrogen and oxygen atoms in total. The number of likely N-dealkylation sites (N-methyl/N-ethyl adjacent to an activating group) is 1. The molecule has 0 saturated carbocycles. The van der Waals surface area contributed by atoms with Gasteiger partial charge in [-0.05, 0) is 70.6 Å². The fourth-order valence-corrected chi connectivity index (χ4v) is 11.1. The number of phosphoric ester groups is 1. The summed E-state index contributed by atoms with van der Waals surface area (Å²) in [4.78, 5) is 23.4. The highest BCUT2D eigenvalue weighted by Gasteiger charge is 2.28. The van der Waals surface area contributed by atoms with Crippen molar-refractivity contribution in [3.05, 3.63) is 48.6 Å². The molecule has 0 rings (SSSR count). The fourth-order valence-electron chi connectivity index (χ4n) is 10.4. The third-order valence-corrected chi connectivity index (χ3v) is 16.7. The van der Waals surface area contributed by atoms with E-state index in [1.54, 1.807) is 6.08 Å². The molecule has 1 amide bonds. The monoisotopic (exact) mass is 1130 g/mol. The van der Waals surface area contributed by atoms with Crippen molar-refractivity contribution in [1.82, 2.24) is 5.32 Å². The van der Waals surface area contributed by atoms with Crippen molar-refractivity contribution in [2.45, 2.75) is 353 Å². The van der Waals surface area contributed by atoms with Gasteiger partial charge in [0.2, 0.25) is 5.91 Å². The summed E-state index contributed by atoms with van der Waals surface area (Å²) in [5.41, 5.74) is 0. The number of nitrogens with one attached hydrogen (secondary N) is 1. The number of carbonyl (C=O) groups is 1. The molecule has 3 unspecified atom stereocenters. The summed E-state index contributed by atoms with van der Waals surface area (Å²) in [7, 11) is 1.56. The standard InChI is InChI=1S/C70H135N2O6P/c1-6-8-10-12-14-16-18-20-22-24-26-28-30-32-33-34-35-36-37-38-40-41-43-45-47-49-51-53-55-57-59-61-63-69(73)68(67-78-79(75,76)77-66-65-72(3,4)5)71-70(74)64-62-60-58-56-54-52-50-48-46-44-42-39-31-29-27-25-23-21-19-17-15-13-11-9-7-2/h25,27,45,47,53,55,61,63,68-69,73H,6-24,26,28-44,46,48-52,54,56-60,62,64-67H2,1-5H3,(H-,71,74,75,76)/p+1/b27-25-,47-45+,55-53+,63-61+. The Morgan fingerprint density at radius 2 is 0.696 bits per heavy atom. The number of quaternary nitrogens is 1. The Bertz CT molecular complexity index is 1430. The summed E-state index contributed by atoms with van der Waals surface area (Å²) in [5.74, 6) is -0.187. The fraction of sp³-hybridized carbons (Fsp3) is 0.871.